The molecule has 0 spiro atoms. The molecule has 9 heteroatoms. The molecule has 6 nitrogen and oxygen atoms in total. The van der Waals surface area contributed by atoms with E-state index in [1.165, 1.54) is 6.08 Å². The Morgan fingerprint density at radius 2 is 1.85 bits per heavy atom. The summed E-state index contributed by atoms with van der Waals surface area (Å²) in [6.07, 6.45) is 16.7. The van der Waals surface area contributed by atoms with Gasteiger partial charge in [0.15, 0.2) is 5.50 Å². The summed E-state index contributed by atoms with van der Waals surface area (Å²) in [5.41, 5.74) is 0.644. The third-order valence-corrected chi connectivity index (χ3v) is 7.86. The highest BCUT2D eigenvalue weighted by atomic mass is 35.5. The molecule has 2 amide bonds. The molecule has 1 N–H and O–H groups in total. The molecule has 34 heavy (non-hydrogen) atoms. The van der Waals surface area contributed by atoms with Gasteiger partial charge in [0, 0.05) is 54.9 Å². The first-order chi connectivity index (χ1) is 16.3. The van der Waals surface area contributed by atoms with Gasteiger partial charge in [-0.1, -0.05) is 66.0 Å². The minimum Gasteiger partial charge on any atom is -0.363 e. The number of piperazine rings is 1. The van der Waals surface area contributed by atoms with E-state index in [4.69, 9.17) is 11.6 Å². The van der Waals surface area contributed by atoms with Crippen molar-refractivity contribution < 1.29 is 9.59 Å². The van der Waals surface area contributed by atoms with E-state index >= 15 is 0 Å². The average Bonchev–Trinajstić information content (AvgIpc) is 3.18. The molecule has 184 valence electrons. The molecular formula is C25H33ClN4O2S2. The molecule has 1 fully saturated rings. The number of nitrogens with zero attached hydrogens (tertiary/aromatic N) is 3. The van der Waals surface area contributed by atoms with Crippen molar-refractivity contribution in [3.63, 3.8) is 0 Å². The van der Waals surface area contributed by atoms with Crippen molar-refractivity contribution in [2.75, 3.05) is 33.2 Å². The molecule has 2 rings (SSSR count). The molecule has 2 heterocycles. The van der Waals surface area contributed by atoms with Crippen molar-refractivity contribution in [3.05, 3.63) is 81.3 Å². The molecule has 2 aliphatic rings. The Hall–Kier alpha value is -2.29. The van der Waals surface area contributed by atoms with Gasteiger partial charge in [-0.15, -0.1) is 0 Å². The van der Waals surface area contributed by atoms with E-state index in [0.29, 0.717) is 36.8 Å². The van der Waals surface area contributed by atoms with Gasteiger partial charge in [-0.05, 0) is 45.2 Å². The lowest BCUT2D eigenvalue weighted by molar-refractivity contribution is -0.134. The second-order valence-corrected chi connectivity index (χ2v) is 10.6. The SMILES string of the molecule is C=CC(=O)N1CCN(C(=O)C(/C=C\C)=C/C(SC2=CN(C)[C@H](N/C=C/C=C\C)S2)=C(\C)Cl)CC1. The minimum absolute atomic E-state index is 0.0707. The molecule has 0 aromatic carbocycles. The van der Waals surface area contributed by atoms with Gasteiger partial charge in [-0.25, -0.2) is 0 Å². The zero-order chi connectivity index (χ0) is 25.1. The van der Waals surface area contributed by atoms with Crippen LogP contribution in [0.3, 0.4) is 0 Å². The molecule has 0 aromatic rings. The van der Waals surface area contributed by atoms with Crippen molar-refractivity contribution in [1.82, 2.24) is 20.0 Å². The Morgan fingerprint density at radius 3 is 2.44 bits per heavy atom. The zero-order valence-corrected chi connectivity index (χ0v) is 22.6. The number of allylic oxidation sites excluding steroid dienone is 6. The van der Waals surface area contributed by atoms with Gasteiger partial charge < -0.3 is 20.0 Å². The van der Waals surface area contributed by atoms with E-state index in [1.807, 2.05) is 70.5 Å². The van der Waals surface area contributed by atoms with Gasteiger partial charge in [-0.2, -0.15) is 0 Å². The lowest BCUT2D eigenvalue weighted by Crippen LogP contribution is -2.50. The topological polar surface area (TPSA) is 55.9 Å². The van der Waals surface area contributed by atoms with Gasteiger partial charge in [0.25, 0.3) is 5.91 Å². The number of carbonyl (C=O) groups is 2. The summed E-state index contributed by atoms with van der Waals surface area (Å²) in [6.45, 7) is 11.2. The van der Waals surface area contributed by atoms with Gasteiger partial charge in [0.1, 0.15) is 0 Å². The number of hydrogen-bond acceptors (Lipinski definition) is 6. The van der Waals surface area contributed by atoms with Gasteiger partial charge >= 0.3 is 0 Å². The molecule has 0 aromatic heterocycles. The van der Waals surface area contributed by atoms with E-state index in [9.17, 15) is 9.59 Å². The number of carbonyl (C=O) groups excluding carboxylic acids is 2. The molecule has 1 saturated heterocycles. The molecular weight excluding hydrogens is 488 g/mol. The predicted octanol–water partition coefficient (Wildman–Crippen LogP) is 4.99. The number of nitrogens with one attached hydrogen (secondary N) is 1. The van der Waals surface area contributed by atoms with Crippen LogP contribution in [-0.2, 0) is 9.59 Å². The summed E-state index contributed by atoms with van der Waals surface area (Å²) < 4.78 is 1.08. The van der Waals surface area contributed by atoms with E-state index in [1.54, 1.807) is 33.3 Å². The monoisotopic (exact) mass is 520 g/mol. The first kappa shape index (κ1) is 28.0. The third kappa shape index (κ3) is 8.18. The lowest BCUT2D eigenvalue weighted by atomic mass is 10.1. The highest BCUT2D eigenvalue weighted by Crippen LogP contribution is 2.43. The fraction of sp³-hybridized carbons (Fsp3) is 0.360. The Labute approximate surface area is 216 Å². The van der Waals surface area contributed by atoms with Crippen LogP contribution in [-0.4, -0.2) is 65.2 Å². The highest BCUT2D eigenvalue weighted by Gasteiger charge is 2.26. The standard InChI is InChI=1S/C25H33ClN4O2S2/c1-6-9-10-12-27-25-28(5)18-23(34-25)33-21(19(4)26)17-20(11-7-2)24(32)30-15-13-29(14-16-30)22(31)8-3/h6-12,17-18,25,27H,3,13-16H2,1-2,4-5H3/b9-6-,11-7-,12-10+,20-17+,21-19-/t25-/m0/s1. The van der Waals surface area contributed by atoms with Crippen LogP contribution < -0.4 is 5.32 Å². The third-order valence-electron chi connectivity index (χ3n) is 5.03. The van der Waals surface area contributed by atoms with Crippen LogP contribution in [0.2, 0.25) is 0 Å². The summed E-state index contributed by atoms with van der Waals surface area (Å²) in [4.78, 5) is 31.5. The molecule has 0 aliphatic carbocycles. The Kier molecular flexibility index (Phi) is 11.7. The Balaban J connectivity index is 2.11. The molecule has 1 atom stereocenters. The minimum atomic E-state index is -0.104. The van der Waals surface area contributed by atoms with E-state index in [0.717, 1.165) is 9.14 Å². The zero-order valence-electron chi connectivity index (χ0n) is 20.2. The maximum Gasteiger partial charge on any atom is 0.254 e. The van der Waals surface area contributed by atoms with Crippen molar-refractivity contribution in [3.8, 4) is 0 Å². The second kappa shape index (κ2) is 14.2. The Morgan fingerprint density at radius 1 is 1.18 bits per heavy atom. The number of rotatable bonds is 9. The van der Waals surface area contributed by atoms with Crippen molar-refractivity contribution in [2.45, 2.75) is 26.3 Å². The first-order valence-electron chi connectivity index (χ1n) is 11.0. The van der Waals surface area contributed by atoms with Crippen LogP contribution in [0.4, 0.5) is 0 Å². The summed E-state index contributed by atoms with van der Waals surface area (Å²) in [5.74, 6) is -0.174. The summed E-state index contributed by atoms with van der Waals surface area (Å²) >= 11 is 9.68. The largest absolute Gasteiger partial charge is 0.363 e. The van der Waals surface area contributed by atoms with E-state index < -0.39 is 0 Å². The van der Waals surface area contributed by atoms with Crippen LogP contribution in [0.5, 0.6) is 0 Å². The molecule has 0 unspecified atom stereocenters. The summed E-state index contributed by atoms with van der Waals surface area (Å²) in [7, 11) is 2.01. The number of thioether (sulfide) groups is 2. The summed E-state index contributed by atoms with van der Waals surface area (Å²) in [5, 5.41) is 3.98. The van der Waals surface area contributed by atoms with Crippen molar-refractivity contribution in [2.24, 2.45) is 0 Å². The maximum absolute atomic E-state index is 13.3. The van der Waals surface area contributed by atoms with Crippen LogP contribution >= 0.6 is 35.1 Å². The van der Waals surface area contributed by atoms with Crippen molar-refractivity contribution >= 4 is 46.9 Å². The maximum atomic E-state index is 13.3. The van der Waals surface area contributed by atoms with E-state index in [-0.39, 0.29) is 17.3 Å². The van der Waals surface area contributed by atoms with Crippen LogP contribution in [0.1, 0.15) is 20.8 Å². The Bertz CT molecular complexity index is 941. The second-order valence-electron chi connectivity index (χ2n) is 7.56. The quantitative estimate of drug-likeness (QED) is 0.341. The number of halogens is 1. The fourth-order valence-corrected chi connectivity index (χ4v) is 5.70. The van der Waals surface area contributed by atoms with Crippen molar-refractivity contribution in [1.29, 1.82) is 0 Å². The fourth-order valence-electron chi connectivity index (χ4n) is 3.22. The normalized spacial score (nSPS) is 20.4. The van der Waals surface area contributed by atoms with E-state index in [2.05, 4.69) is 23.0 Å². The molecule has 2 aliphatic heterocycles. The van der Waals surface area contributed by atoms with Gasteiger partial charge in [-0.3, -0.25) is 9.59 Å². The average molecular weight is 521 g/mol. The van der Waals surface area contributed by atoms with Crippen LogP contribution in [0, 0.1) is 0 Å². The number of amides is 2. The summed E-state index contributed by atoms with van der Waals surface area (Å²) in [6, 6.07) is 0. The van der Waals surface area contributed by atoms with Crippen LogP contribution in [0.25, 0.3) is 0 Å². The smallest absolute Gasteiger partial charge is 0.254 e. The van der Waals surface area contributed by atoms with Crippen LogP contribution in [0.15, 0.2) is 81.3 Å². The van der Waals surface area contributed by atoms with Gasteiger partial charge in [0.05, 0.1) is 4.24 Å². The number of hydrogen-bond donors (Lipinski definition) is 1. The molecule has 0 saturated carbocycles. The molecule has 0 bridgehead atoms. The van der Waals surface area contributed by atoms with Gasteiger partial charge in [0.2, 0.25) is 5.91 Å². The highest BCUT2D eigenvalue weighted by molar-refractivity contribution is 8.24. The predicted molar refractivity (Wildman–Crippen MR) is 147 cm³/mol. The first-order valence-corrected chi connectivity index (χ1v) is 13.1. The molecule has 0 radical (unpaired) electrons. The lowest BCUT2D eigenvalue weighted by Gasteiger charge is -2.34.